The van der Waals surface area contributed by atoms with Gasteiger partial charge in [-0.2, -0.15) is 0 Å². The molecule has 2 aromatic carbocycles. The Morgan fingerprint density at radius 1 is 1.04 bits per heavy atom. The Morgan fingerprint density at radius 2 is 1.62 bits per heavy atom. The van der Waals surface area contributed by atoms with Gasteiger partial charge in [-0.1, -0.05) is 43.2 Å². The number of hydrogen-bond acceptors (Lipinski definition) is 2. The quantitative estimate of drug-likeness (QED) is 0.785. The van der Waals surface area contributed by atoms with E-state index in [2.05, 4.69) is 48.7 Å². The molecule has 0 aliphatic heterocycles. The zero-order valence-electron chi connectivity index (χ0n) is 15.4. The number of anilines is 2. The molecule has 1 amide bonds. The lowest BCUT2D eigenvalue weighted by Crippen LogP contribution is -2.32. The van der Waals surface area contributed by atoms with Crippen LogP contribution in [0.15, 0.2) is 36.4 Å². The van der Waals surface area contributed by atoms with Gasteiger partial charge in [-0.3, -0.25) is 4.79 Å². The summed E-state index contributed by atoms with van der Waals surface area (Å²) in [5.74, 6) is -0.0253. The summed E-state index contributed by atoms with van der Waals surface area (Å²) in [4.78, 5) is 12.5. The molecule has 0 saturated carbocycles. The van der Waals surface area contributed by atoms with Crippen LogP contribution in [0.2, 0.25) is 0 Å². The molecular weight excluding hydrogens is 296 g/mol. The van der Waals surface area contributed by atoms with E-state index in [1.54, 1.807) is 0 Å². The summed E-state index contributed by atoms with van der Waals surface area (Å²) in [6, 6.07) is 12.2. The minimum absolute atomic E-state index is 0.0253. The van der Waals surface area contributed by atoms with Gasteiger partial charge in [0.25, 0.3) is 0 Å². The van der Waals surface area contributed by atoms with E-state index < -0.39 is 0 Å². The second-order valence-corrected chi connectivity index (χ2v) is 6.58. The van der Waals surface area contributed by atoms with Crippen molar-refractivity contribution in [1.82, 2.24) is 0 Å². The summed E-state index contributed by atoms with van der Waals surface area (Å²) in [7, 11) is 0. The summed E-state index contributed by atoms with van der Waals surface area (Å²) < 4.78 is 0. The second kappa shape index (κ2) is 8.00. The van der Waals surface area contributed by atoms with Crippen LogP contribution in [-0.2, 0) is 11.2 Å². The third kappa shape index (κ3) is 4.60. The Bertz CT molecular complexity index is 681. The molecule has 1 atom stereocenters. The van der Waals surface area contributed by atoms with Gasteiger partial charge in [0.15, 0.2) is 0 Å². The number of amides is 1. The van der Waals surface area contributed by atoms with Crippen LogP contribution in [0, 0.1) is 20.8 Å². The van der Waals surface area contributed by atoms with E-state index in [-0.39, 0.29) is 11.9 Å². The minimum Gasteiger partial charge on any atom is -0.374 e. The van der Waals surface area contributed by atoms with Gasteiger partial charge in [0, 0.05) is 11.4 Å². The van der Waals surface area contributed by atoms with E-state index in [0.717, 1.165) is 35.3 Å². The highest BCUT2D eigenvalue weighted by atomic mass is 16.2. The molecule has 0 unspecified atom stereocenters. The van der Waals surface area contributed by atoms with Gasteiger partial charge >= 0.3 is 0 Å². The molecule has 3 heteroatoms. The summed E-state index contributed by atoms with van der Waals surface area (Å²) in [6.45, 7) is 10.2. The number of rotatable bonds is 6. The first kappa shape index (κ1) is 18.1. The van der Waals surface area contributed by atoms with Gasteiger partial charge < -0.3 is 10.6 Å². The van der Waals surface area contributed by atoms with E-state index >= 15 is 0 Å². The highest BCUT2D eigenvalue weighted by Crippen LogP contribution is 2.22. The van der Waals surface area contributed by atoms with Crippen molar-refractivity contribution in [1.29, 1.82) is 0 Å². The second-order valence-electron chi connectivity index (χ2n) is 6.58. The van der Waals surface area contributed by atoms with Crippen molar-refractivity contribution in [3.63, 3.8) is 0 Å². The van der Waals surface area contributed by atoms with Gasteiger partial charge in [0.1, 0.15) is 6.04 Å². The molecule has 0 fully saturated rings. The third-order valence-electron chi connectivity index (χ3n) is 4.19. The number of carbonyl (C=O) groups is 1. The van der Waals surface area contributed by atoms with Crippen molar-refractivity contribution in [3.05, 3.63) is 58.7 Å². The van der Waals surface area contributed by atoms with Crippen molar-refractivity contribution in [2.75, 3.05) is 10.6 Å². The first-order chi connectivity index (χ1) is 11.4. The molecule has 0 aliphatic carbocycles. The van der Waals surface area contributed by atoms with Crippen LogP contribution >= 0.6 is 0 Å². The largest absolute Gasteiger partial charge is 0.374 e. The topological polar surface area (TPSA) is 41.1 Å². The van der Waals surface area contributed by atoms with Crippen LogP contribution in [0.4, 0.5) is 11.4 Å². The normalized spacial score (nSPS) is 11.9. The molecule has 128 valence electrons. The van der Waals surface area contributed by atoms with Crippen molar-refractivity contribution in [2.24, 2.45) is 0 Å². The summed E-state index contributed by atoms with van der Waals surface area (Å²) in [5, 5.41) is 6.33. The lowest BCUT2D eigenvalue weighted by atomic mass is 10.0. The highest BCUT2D eigenvalue weighted by Gasteiger charge is 2.15. The molecule has 24 heavy (non-hydrogen) atoms. The molecule has 0 radical (unpaired) electrons. The maximum absolute atomic E-state index is 12.5. The van der Waals surface area contributed by atoms with Gasteiger partial charge in [-0.15, -0.1) is 0 Å². The van der Waals surface area contributed by atoms with Crippen molar-refractivity contribution in [3.8, 4) is 0 Å². The molecule has 3 nitrogen and oxygen atoms in total. The predicted molar refractivity (Wildman–Crippen MR) is 103 cm³/mol. The van der Waals surface area contributed by atoms with Crippen LogP contribution in [0.3, 0.4) is 0 Å². The van der Waals surface area contributed by atoms with Crippen molar-refractivity contribution < 1.29 is 4.79 Å². The average Bonchev–Trinajstić information content (AvgIpc) is 2.52. The molecule has 0 spiro atoms. The SMILES string of the molecule is CCCc1ccc(N[C@H](C)C(=O)Nc2c(C)cc(C)cc2C)cc1. The molecule has 2 rings (SSSR count). The Kier molecular flexibility index (Phi) is 6.02. The summed E-state index contributed by atoms with van der Waals surface area (Å²) in [6.07, 6.45) is 2.23. The van der Waals surface area contributed by atoms with Gasteiger partial charge in [0.05, 0.1) is 0 Å². The predicted octanol–water partition coefficient (Wildman–Crippen LogP) is 5.00. The van der Waals surface area contributed by atoms with Crippen molar-refractivity contribution >= 4 is 17.3 Å². The Hall–Kier alpha value is -2.29. The Morgan fingerprint density at radius 3 is 2.17 bits per heavy atom. The zero-order valence-corrected chi connectivity index (χ0v) is 15.4. The Labute approximate surface area is 145 Å². The van der Waals surface area contributed by atoms with E-state index in [1.807, 2.05) is 32.9 Å². The number of hydrogen-bond donors (Lipinski definition) is 2. The monoisotopic (exact) mass is 324 g/mol. The third-order valence-corrected chi connectivity index (χ3v) is 4.19. The summed E-state index contributed by atoms with van der Waals surface area (Å²) >= 11 is 0. The highest BCUT2D eigenvalue weighted by molar-refractivity contribution is 5.97. The molecule has 2 N–H and O–H groups in total. The van der Waals surface area contributed by atoms with Crippen LogP contribution in [0.5, 0.6) is 0 Å². The molecule has 0 aromatic heterocycles. The maximum Gasteiger partial charge on any atom is 0.246 e. The zero-order chi connectivity index (χ0) is 17.7. The van der Waals surface area contributed by atoms with E-state index in [0.29, 0.717) is 0 Å². The standard InChI is InChI=1S/C21H28N2O/c1-6-7-18-8-10-19(11-9-18)22-17(5)21(24)23-20-15(3)12-14(2)13-16(20)4/h8-13,17,22H,6-7H2,1-5H3,(H,23,24)/t17-/m1/s1. The first-order valence-electron chi connectivity index (χ1n) is 8.65. The average molecular weight is 324 g/mol. The number of nitrogens with one attached hydrogen (secondary N) is 2. The molecule has 0 heterocycles. The fourth-order valence-electron chi connectivity index (χ4n) is 2.98. The fourth-order valence-corrected chi connectivity index (χ4v) is 2.98. The van der Waals surface area contributed by atoms with Crippen molar-refractivity contribution in [2.45, 2.75) is 53.5 Å². The molecular formula is C21H28N2O. The number of benzene rings is 2. The van der Waals surface area contributed by atoms with Crippen LogP contribution in [-0.4, -0.2) is 11.9 Å². The van der Waals surface area contributed by atoms with Crippen LogP contribution in [0.25, 0.3) is 0 Å². The first-order valence-corrected chi connectivity index (χ1v) is 8.65. The molecule has 2 aromatic rings. The van der Waals surface area contributed by atoms with E-state index in [1.165, 1.54) is 11.1 Å². The molecule has 0 aliphatic rings. The van der Waals surface area contributed by atoms with Crippen LogP contribution in [0.1, 0.15) is 42.5 Å². The summed E-state index contributed by atoms with van der Waals surface area (Å²) in [5.41, 5.74) is 6.61. The van der Waals surface area contributed by atoms with Gasteiger partial charge in [0.2, 0.25) is 5.91 Å². The molecule has 0 bridgehead atoms. The van der Waals surface area contributed by atoms with Gasteiger partial charge in [-0.05, 0) is 62.9 Å². The minimum atomic E-state index is -0.304. The van der Waals surface area contributed by atoms with Crippen LogP contribution < -0.4 is 10.6 Å². The van der Waals surface area contributed by atoms with Gasteiger partial charge in [-0.25, -0.2) is 0 Å². The lowest BCUT2D eigenvalue weighted by Gasteiger charge is -2.18. The number of carbonyl (C=O) groups excluding carboxylic acids is 1. The van der Waals surface area contributed by atoms with E-state index in [9.17, 15) is 4.79 Å². The van der Waals surface area contributed by atoms with E-state index in [4.69, 9.17) is 0 Å². The lowest BCUT2D eigenvalue weighted by molar-refractivity contribution is -0.116. The Balaban J connectivity index is 2.02. The fraction of sp³-hybridized carbons (Fsp3) is 0.381. The molecule has 0 saturated heterocycles. The maximum atomic E-state index is 12.5. The smallest absolute Gasteiger partial charge is 0.246 e. The number of aryl methyl sites for hydroxylation is 4.